The van der Waals surface area contributed by atoms with Crippen LogP contribution in [0.1, 0.15) is 0 Å². The topological polar surface area (TPSA) is 0 Å². The summed E-state index contributed by atoms with van der Waals surface area (Å²) in [5.74, 6) is 0. The molecule has 0 saturated heterocycles. The minimum absolute atomic E-state index is 0. The molecular weight excluding hydrogens is 213 g/mol. The lowest BCUT2D eigenvalue weighted by Crippen LogP contribution is -1.55. The van der Waals surface area contributed by atoms with Crippen LogP contribution in [0.5, 0.6) is 0 Å². The third-order valence-electron chi connectivity index (χ3n) is 0. The quantitative estimate of drug-likeness (QED) is 0.432. The highest BCUT2D eigenvalue weighted by atomic mass is 35.6. The molecule has 8 heavy (non-hydrogen) atoms. The van der Waals surface area contributed by atoms with Gasteiger partial charge in [-0.3, -0.25) is 0 Å². The van der Waals surface area contributed by atoms with Crippen LogP contribution in [0.25, 0.3) is 0 Å². The number of rotatable bonds is 0. The maximum absolute atomic E-state index is 4.81. The Morgan fingerprint density at radius 3 is 0.875 bits per heavy atom. The fraction of sp³-hybridized carbons (Fsp3) is 0.333. The van der Waals surface area contributed by atoms with Gasteiger partial charge in [0, 0.05) is 0 Å². The van der Waals surface area contributed by atoms with Gasteiger partial charge >= 0.3 is 0 Å². The number of hydrogen-bond donors (Lipinski definition) is 0. The van der Waals surface area contributed by atoms with Crippen molar-refractivity contribution >= 4 is 59.6 Å². The Kier molecular flexibility index (Phi) is 69.0. The molecule has 0 heterocycles. The van der Waals surface area contributed by atoms with Gasteiger partial charge in [-0.05, 0) is 0 Å². The predicted molar refractivity (Wildman–Crippen MR) is 47.1 cm³/mol. The van der Waals surface area contributed by atoms with Crippen molar-refractivity contribution in [2.24, 2.45) is 0 Å². The highest BCUT2D eigenvalue weighted by Gasteiger charge is 1.78. The lowest BCUT2D eigenvalue weighted by molar-refractivity contribution is 1.96. The second-order valence-electron chi connectivity index (χ2n) is 0.247. The van der Waals surface area contributed by atoms with Gasteiger partial charge in [-0.15, -0.1) is 38.0 Å². The van der Waals surface area contributed by atoms with Crippen molar-refractivity contribution in [3.63, 3.8) is 0 Å². The van der Waals surface area contributed by atoms with E-state index in [1.54, 1.807) is 0 Å². The predicted octanol–water partition coefficient (Wildman–Crippen LogP) is 3.63. The van der Waals surface area contributed by atoms with Crippen LogP contribution in [0.2, 0.25) is 0 Å². The Balaban J connectivity index is -0.0000000183. The van der Waals surface area contributed by atoms with E-state index in [2.05, 4.69) is 13.2 Å². The smallest absolute Gasteiger partial charge is 0.147 e. The molecule has 0 aromatic heterocycles. The largest absolute Gasteiger partial charge is 0.180 e. The Hall–Kier alpha value is 1.19. The lowest BCUT2D eigenvalue weighted by atomic mass is 11.3. The third kappa shape index (κ3) is 195. The third-order valence-corrected chi connectivity index (χ3v) is 0. The van der Waals surface area contributed by atoms with Gasteiger partial charge in [0.25, 0.3) is 0 Å². The van der Waals surface area contributed by atoms with E-state index in [-0.39, 0.29) is 24.8 Å². The van der Waals surface area contributed by atoms with Crippen LogP contribution in [0, 0.1) is 0 Å². The second-order valence-corrected chi connectivity index (χ2v) is 2.23. The fourth-order valence-electron chi connectivity index (χ4n) is 0. The molecule has 0 aromatic rings. The van der Waals surface area contributed by atoms with Crippen LogP contribution >= 0.6 is 59.6 Å². The van der Waals surface area contributed by atoms with E-state index in [9.17, 15) is 0 Å². The lowest BCUT2D eigenvalue weighted by Gasteiger charge is -1.69. The van der Waals surface area contributed by atoms with Crippen molar-refractivity contribution in [3.05, 3.63) is 13.2 Å². The summed E-state index contributed by atoms with van der Waals surface area (Å²) < 4.78 is -0.750. The molecule has 0 spiro atoms. The SMILES string of the molecule is C=C.Cl.Cl.ClC(Cl)Cl. The summed E-state index contributed by atoms with van der Waals surface area (Å²) in [6.45, 7) is 6.00. The summed E-state index contributed by atoms with van der Waals surface area (Å²) in [5, 5.41) is 0. The first-order chi connectivity index (χ1) is 2.73. The first-order valence-corrected chi connectivity index (χ1v) is 2.46. The van der Waals surface area contributed by atoms with Crippen LogP contribution in [0.3, 0.4) is 0 Å². The normalized spacial score (nSPS) is 5.00. The van der Waals surface area contributed by atoms with Gasteiger partial charge in [0.2, 0.25) is 0 Å². The molecule has 54 valence electrons. The van der Waals surface area contributed by atoms with Gasteiger partial charge in [-0.2, -0.15) is 0 Å². The van der Waals surface area contributed by atoms with Crippen molar-refractivity contribution in [2.45, 2.75) is 4.30 Å². The second kappa shape index (κ2) is 24.1. The van der Waals surface area contributed by atoms with Gasteiger partial charge < -0.3 is 0 Å². The number of alkyl halides is 3. The van der Waals surface area contributed by atoms with E-state index in [1.807, 2.05) is 0 Å². The van der Waals surface area contributed by atoms with Crippen molar-refractivity contribution in [1.29, 1.82) is 0 Å². The van der Waals surface area contributed by atoms with E-state index >= 15 is 0 Å². The molecule has 0 rings (SSSR count). The first-order valence-electron chi connectivity index (χ1n) is 1.15. The number of halogens is 5. The Bertz CT molecular complexity index is 18.9. The molecule has 0 atom stereocenters. The summed E-state index contributed by atoms with van der Waals surface area (Å²) in [6.07, 6.45) is 0. The van der Waals surface area contributed by atoms with E-state index in [1.165, 1.54) is 0 Å². The molecule has 0 fully saturated rings. The summed E-state index contributed by atoms with van der Waals surface area (Å²) in [5.41, 5.74) is 0. The van der Waals surface area contributed by atoms with Gasteiger partial charge in [-0.1, -0.05) is 34.8 Å². The monoisotopic (exact) mass is 218 g/mol. The zero-order valence-electron chi connectivity index (χ0n) is 3.94. The Morgan fingerprint density at radius 2 is 0.875 bits per heavy atom. The maximum Gasteiger partial charge on any atom is 0.180 e. The van der Waals surface area contributed by atoms with E-state index in [0.717, 1.165) is 0 Å². The first kappa shape index (κ1) is 22.9. The molecule has 0 N–H and O–H groups in total. The summed E-state index contributed by atoms with van der Waals surface area (Å²) in [4.78, 5) is 0. The minimum atomic E-state index is -0.750. The van der Waals surface area contributed by atoms with Crippen molar-refractivity contribution in [3.8, 4) is 0 Å². The van der Waals surface area contributed by atoms with Gasteiger partial charge in [0.1, 0.15) is 0 Å². The summed E-state index contributed by atoms with van der Waals surface area (Å²) in [6, 6.07) is 0. The Morgan fingerprint density at radius 1 is 0.875 bits per heavy atom. The molecule has 0 aliphatic carbocycles. The molecule has 0 aromatic carbocycles. The maximum atomic E-state index is 4.81. The molecule has 5 heteroatoms. The molecule has 0 radical (unpaired) electrons. The highest BCUT2D eigenvalue weighted by molar-refractivity contribution is 6.63. The average Bonchev–Trinajstić information content (AvgIpc) is 1.41. The fourth-order valence-corrected chi connectivity index (χ4v) is 0. The zero-order chi connectivity index (χ0) is 5.58. The van der Waals surface area contributed by atoms with E-state index in [4.69, 9.17) is 34.8 Å². The highest BCUT2D eigenvalue weighted by Crippen LogP contribution is 2.03. The summed E-state index contributed by atoms with van der Waals surface area (Å²) in [7, 11) is 0. The van der Waals surface area contributed by atoms with Crippen molar-refractivity contribution in [2.75, 3.05) is 0 Å². The zero-order valence-corrected chi connectivity index (χ0v) is 7.84. The molecular formula is C3H7Cl5. The standard InChI is InChI=1S/C2H4.CHCl3.2ClH/c1-2;2-1(3)4;;/h1-2H2;1H;2*1H. The van der Waals surface area contributed by atoms with E-state index in [0.29, 0.717) is 0 Å². The van der Waals surface area contributed by atoms with Crippen LogP contribution in [-0.4, -0.2) is 4.30 Å². The average molecular weight is 220 g/mol. The number of hydrogen-bond acceptors (Lipinski definition) is 0. The molecule has 0 unspecified atom stereocenters. The van der Waals surface area contributed by atoms with Crippen LogP contribution in [0.4, 0.5) is 0 Å². The van der Waals surface area contributed by atoms with Gasteiger partial charge in [0.15, 0.2) is 4.30 Å². The molecule has 0 aliphatic rings. The van der Waals surface area contributed by atoms with Gasteiger partial charge in [0.05, 0.1) is 0 Å². The molecule has 0 saturated carbocycles. The van der Waals surface area contributed by atoms with Crippen LogP contribution < -0.4 is 0 Å². The van der Waals surface area contributed by atoms with Crippen LogP contribution in [-0.2, 0) is 0 Å². The molecule has 0 aliphatic heterocycles. The molecule has 0 nitrogen and oxygen atoms in total. The van der Waals surface area contributed by atoms with Crippen molar-refractivity contribution in [1.82, 2.24) is 0 Å². The summed E-state index contributed by atoms with van der Waals surface area (Å²) >= 11 is 14.4. The van der Waals surface area contributed by atoms with Gasteiger partial charge in [-0.25, -0.2) is 0 Å². The van der Waals surface area contributed by atoms with Crippen molar-refractivity contribution < 1.29 is 0 Å². The van der Waals surface area contributed by atoms with Crippen LogP contribution in [0.15, 0.2) is 13.2 Å². The molecule has 0 bridgehead atoms. The van der Waals surface area contributed by atoms with E-state index < -0.39 is 4.30 Å². The molecule has 0 amide bonds. The Labute approximate surface area is 77.0 Å². The minimum Gasteiger partial charge on any atom is -0.147 e.